The van der Waals surface area contributed by atoms with Gasteiger partial charge in [0.1, 0.15) is 0 Å². The Bertz CT molecular complexity index is 1050. The highest BCUT2D eigenvalue weighted by atomic mass is 32.2. The molecule has 0 bridgehead atoms. The number of hydrogen-bond acceptors (Lipinski definition) is 7. The van der Waals surface area contributed by atoms with Gasteiger partial charge in [-0.25, -0.2) is 9.78 Å². The Hall–Kier alpha value is -3.73. The molecule has 1 aromatic heterocycles. The van der Waals surface area contributed by atoms with Crippen LogP contribution < -0.4 is 0 Å². The number of nitro benzene ring substituents is 2. The maximum absolute atomic E-state index is 11.3. The predicted molar refractivity (Wildman–Crippen MR) is 94.4 cm³/mol. The van der Waals surface area contributed by atoms with Gasteiger partial charge in [0.2, 0.25) is 0 Å². The number of carboxylic acids is 1. The molecule has 27 heavy (non-hydrogen) atoms. The molecule has 0 atom stereocenters. The van der Waals surface area contributed by atoms with Crippen LogP contribution in [0.5, 0.6) is 0 Å². The molecule has 11 heteroatoms. The zero-order valence-electron chi connectivity index (χ0n) is 13.4. The summed E-state index contributed by atoms with van der Waals surface area (Å²) in [6.07, 6.45) is 3.11. The molecule has 1 N–H and O–H groups in total. The summed E-state index contributed by atoms with van der Waals surface area (Å²) in [7, 11) is 0. The highest BCUT2D eigenvalue weighted by molar-refractivity contribution is 7.99. The largest absolute Gasteiger partial charge is 0.478 e. The first-order chi connectivity index (χ1) is 12.9. The quantitative estimate of drug-likeness (QED) is 0.501. The van der Waals surface area contributed by atoms with Crippen molar-refractivity contribution in [1.82, 2.24) is 9.55 Å². The normalized spacial score (nSPS) is 10.5. The van der Waals surface area contributed by atoms with E-state index in [0.717, 1.165) is 17.8 Å². The van der Waals surface area contributed by atoms with Crippen LogP contribution >= 0.6 is 11.8 Å². The van der Waals surface area contributed by atoms with Gasteiger partial charge in [-0.1, -0.05) is 0 Å². The molecule has 2 aromatic carbocycles. The van der Waals surface area contributed by atoms with E-state index >= 15 is 0 Å². The van der Waals surface area contributed by atoms with Crippen LogP contribution in [0.2, 0.25) is 0 Å². The zero-order chi connectivity index (χ0) is 19.6. The molecular formula is C16H10N4O6S. The SMILES string of the molecule is O=C(O)c1ccc(-n2ccnc2Sc2ccc([N+](=O)[O-])cc2[N+](=O)[O-])cc1. The summed E-state index contributed by atoms with van der Waals surface area (Å²) in [5.74, 6) is -1.05. The summed E-state index contributed by atoms with van der Waals surface area (Å²) in [5.41, 5.74) is -0.0349. The summed E-state index contributed by atoms with van der Waals surface area (Å²) in [6.45, 7) is 0. The van der Waals surface area contributed by atoms with Crippen LogP contribution in [0.15, 0.2) is 64.9 Å². The van der Waals surface area contributed by atoms with Crippen molar-refractivity contribution in [2.45, 2.75) is 10.1 Å². The van der Waals surface area contributed by atoms with E-state index in [1.54, 1.807) is 22.9 Å². The second-order valence-electron chi connectivity index (χ2n) is 5.20. The molecule has 0 radical (unpaired) electrons. The topological polar surface area (TPSA) is 141 Å². The Labute approximate surface area is 155 Å². The van der Waals surface area contributed by atoms with Crippen molar-refractivity contribution in [1.29, 1.82) is 0 Å². The van der Waals surface area contributed by atoms with Crippen molar-refractivity contribution in [2.24, 2.45) is 0 Å². The minimum Gasteiger partial charge on any atom is -0.478 e. The maximum Gasteiger partial charge on any atom is 0.335 e. The van der Waals surface area contributed by atoms with E-state index in [0.29, 0.717) is 10.8 Å². The number of rotatable bonds is 6. The van der Waals surface area contributed by atoms with Gasteiger partial charge in [0, 0.05) is 24.1 Å². The summed E-state index contributed by atoms with van der Waals surface area (Å²) < 4.78 is 1.63. The number of aromatic carboxylic acids is 1. The Balaban J connectivity index is 1.96. The second kappa shape index (κ2) is 7.25. The first kappa shape index (κ1) is 18.1. The first-order valence-corrected chi connectivity index (χ1v) is 8.16. The smallest absolute Gasteiger partial charge is 0.335 e. The fourth-order valence-electron chi connectivity index (χ4n) is 2.27. The van der Waals surface area contributed by atoms with Crippen LogP contribution in [0.1, 0.15) is 10.4 Å². The van der Waals surface area contributed by atoms with E-state index in [1.807, 2.05) is 0 Å². The van der Waals surface area contributed by atoms with Gasteiger partial charge >= 0.3 is 5.97 Å². The maximum atomic E-state index is 11.3. The van der Waals surface area contributed by atoms with E-state index in [1.165, 1.54) is 30.5 Å². The van der Waals surface area contributed by atoms with E-state index in [2.05, 4.69) is 4.98 Å². The van der Waals surface area contributed by atoms with Crippen LogP contribution in [0.3, 0.4) is 0 Å². The van der Waals surface area contributed by atoms with Gasteiger partial charge in [-0.2, -0.15) is 0 Å². The number of nitro groups is 2. The molecule has 136 valence electrons. The zero-order valence-corrected chi connectivity index (χ0v) is 14.2. The Morgan fingerprint density at radius 2 is 1.78 bits per heavy atom. The third-order valence-electron chi connectivity index (χ3n) is 3.55. The van der Waals surface area contributed by atoms with E-state index < -0.39 is 21.5 Å². The molecule has 3 aromatic rings. The number of nitrogens with zero attached hydrogens (tertiary/aromatic N) is 4. The van der Waals surface area contributed by atoms with E-state index in [-0.39, 0.29) is 16.1 Å². The van der Waals surface area contributed by atoms with Gasteiger partial charge in [-0.05, 0) is 42.1 Å². The average molecular weight is 386 g/mol. The second-order valence-corrected chi connectivity index (χ2v) is 6.21. The molecule has 0 unspecified atom stereocenters. The van der Waals surface area contributed by atoms with Gasteiger partial charge < -0.3 is 5.11 Å². The molecule has 0 fully saturated rings. The number of aromatic nitrogens is 2. The van der Waals surface area contributed by atoms with Crippen molar-refractivity contribution < 1.29 is 19.7 Å². The fraction of sp³-hybridized carbons (Fsp3) is 0. The molecule has 0 aliphatic rings. The van der Waals surface area contributed by atoms with Crippen molar-refractivity contribution in [2.75, 3.05) is 0 Å². The molecule has 0 saturated heterocycles. The Morgan fingerprint density at radius 3 is 2.37 bits per heavy atom. The molecule has 0 spiro atoms. The number of non-ortho nitro benzene ring substituents is 1. The van der Waals surface area contributed by atoms with Crippen LogP contribution in [0, 0.1) is 20.2 Å². The van der Waals surface area contributed by atoms with Crippen LogP contribution in [-0.4, -0.2) is 30.5 Å². The molecule has 0 aliphatic heterocycles. The lowest BCUT2D eigenvalue weighted by Crippen LogP contribution is -1.99. The molecule has 3 rings (SSSR count). The first-order valence-electron chi connectivity index (χ1n) is 7.34. The van der Waals surface area contributed by atoms with Crippen LogP contribution in [0.25, 0.3) is 5.69 Å². The summed E-state index contributed by atoms with van der Waals surface area (Å²) in [4.78, 5) is 36.0. The van der Waals surface area contributed by atoms with Gasteiger partial charge in [-0.3, -0.25) is 24.8 Å². The monoisotopic (exact) mass is 386 g/mol. The van der Waals surface area contributed by atoms with Crippen LogP contribution in [0.4, 0.5) is 11.4 Å². The number of carboxylic acid groups (broad SMARTS) is 1. The lowest BCUT2D eigenvalue weighted by molar-refractivity contribution is -0.396. The van der Waals surface area contributed by atoms with Gasteiger partial charge in [0.25, 0.3) is 11.4 Å². The van der Waals surface area contributed by atoms with Crippen molar-refractivity contribution in [3.8, 4) is 5.69 Å². The molecule has 1 heterocycles. The third-order valence-corrected chi connectivity index (χ3v) is 4.60. The molecule has 0 saturated carbocycles. The van der Waals surface area contributed by atoms with E-state index in [9.17, 15) is 25.0 Å². The fourth-order valence-corrected chi connectivity index (χ4v) is 3.22. The van der Waals surface area contributed by atoms with E-state index in [4.69, 9.17) is 5.11 Å². The number of hydrogen-bond donors (Lipinski definition) is 1. The predicted octanol–water partition coefficient (Wildman–Crippen LogP) is 3.54. The third kappa shape index (κ3) is 3.77. The van der Waals surface area contributed by atoms with Crippen LogP contribution in [-0.2, 0) is 0 Å². The van der Waals surface area contributed by atoms with Crippen molar-refractivity contribution >= 4 is 29.1 Å². The minimum absolute atomic E-state index is 0.124. The Kier molecular flexibility index (Phi) is 4.86. The van der Waals surface area contributed by atoms with Gasteiger partial charge in [-0.15, -0.1) is 0 Å². The summed E-state index contributed by atoms with van der Waals surface area (Å²) in [6, 6.07) is 9.41. The molecule has 10 nitrogen and oxygen atoms in total. The summed E-state index contributed by atoms with van der Waals surface area (Å²) >= 11 is 0.973. The lowest BCUT2D eigenvalue weighted by Gasteiger charge is -2.08. The van der Waals surface area contributed by atoms with Gasteiger partial charge in [0.05, 0.1) is 26.4 Å². The molecule has 0 amide bonds. The minimum atomic E-state index is -1.05. The van der Waals surface area contributed by atoms with Gasteiger partial charge in [0.15, 0.2) is 5.16 Å². The molecular weight excluding hydrogens is 376 g/mol. The number of benzene rings is 2. The standard InChI is InChI=1S/C16H10N4O6S/c21-15(22)10-1-3-11(4-2-10)18-8-7-17-16(18)27-14-6-5-12(19(23)24)9-13(14)20(25)26/h1-9H,(H,21,22). The highest BCUT2D eigenvalue weighted by Crippen LogP contribution is 2.36. The number of imidazole rings is 1. The Morgan fingerprint density at radius 1 is 1.07 bits per heavy atom. The highest BCUT2D eigenvalue weighted by Gasteiger charge is 2.21. The van der Waals surface area contributed by atoms with Crippen molar-refractivity contribution in [3.63, 3.8) is 0 Å². The average Bonchev–Trinajstić information content (AvgIpc) is 3.09. The number of carbonyl (C=O) groups is 1. The molecule has 0 aliphatic carbocycles. The lowest BCUT2D eigenvalue weighted by atomic mass is 10.2. The van der Waals surface area contributed by atoms with Crippen molar-refractivity contribution in [3.05, 3.63) is 80.7 Å². The summed E-state index contributed by atoms with van der Waals surface area (Å²) in [5, 5.41) is 31.5.